The van der Waals surface area contributed by atoms with Gasteiger partial charge in [0.1, 0.15) is 11.5 Å². The number of carbonyl (C=O) groups is 1. The molecule has 0 fully saturated rings. The molecule has 0 bridgehead atoms. The molecule has 0 aliphatic carbocycles. The number of amides is 1. The first-order valence-electron chi connectivity index (χ1n) is 8.58. The van der Waals surface area contributed by atoms with Crippen LogP contribution in [0, 0.1) is 0 Å². The van der Waals surface area contributed by atoms with Crippen LogP contribution in [-0.4, -0.2) is 27.2 Å². The predicted octanol–water partition coefficient (Wildman–Crippen LogP) is 4.45. The van der Waals surface area contributed by atoms with E-state index in [2.05, 4.69) is 12.1 Å². The lowest BCUT2D eigenvalue weighted by atomic mass is 10.1. The Morgan fingerprint density at radius 2 is 1.69 bits per heavy atom. The van der Waals surface area contributed by atoms with Gasteiger partial charge in [-0.1, -0.05) is 30.3 Å². The standard InChI is InChI=1S/C22H23NO3/c1-23(19-10-8-16-6-4-5-7-17(16)14-19)22(24)13-9-18-15-20(25-2)11-12-21(18)26-3/h4-8,10-12,14-15H,9,13H2,1-3H3. The average Bonchev–Trinajstić information content (AvgIpc) is 2.70. The largest absolute Gasteiger partial charge is 0.497 e. The summed E-state index contributed by atoms with van der Waals surface area (Å²) < 4.78 is 10.7. The molecule has 0 aromatic heterocycles. The molecule has 4 nitrogen and oxygen atoms in total. The van der Waals surface area contributed by atoms with Crippen LogP contribution < -0.4 is 14.4 Å². The third-order valence-corrected chi connectivity index (χ3v) is 4.59. The van der Waals surface area contributed by atoms with Crippen LogP contribution in [0.1, 0.15) is 12.0 Å². The highest BCUT2D eigenvalue weighted by Crippen LogP contribution is 2.26. The Labute approximate surface area is 154 Å². The number of hydrogen-bond acceptors (Lipinski definition) is 3. The summed E-state index contributed by atoms with van der Waals surface area (Å²) in [6.07, 6.45) is 0.990. The van der Waals surface area contributed by atoms with Gasteiger partial charge in [-0.15, -0.1) is 0 Å². The molecule has 134 valence electrons. The van der Waals surface area contributed by atoms with Crippen molar-refractivity contribution in [2.24, 2.45) is 0 Å². The van der Waals surface area contributed by atoms with Crippen molar-refractivity contribution < 1.29 is 14.3 Å². The lowest BCUT2D eigenvalue weighted by Crippen LogP contribution is -2.26. The molecule has 3 aromatic rings. The summed E-state index contributed by atoms with van der Waals surface area (Å²) in [7, 11) is 5.08. The van der Waals surface area contributed by atoms with Crippen LogP contribution in [0.2, 0.25) is 0 Å². The van der Waals surface area contributed by atoms with E-state index >= 15 is 0 Å². The van der Waals surface area contributed by atoms with Crippen molar-refractivity contribution in [3.63, 3.8) is 0 Å². The van der Waals surface area contributed by atoms with Crippen LogP contribution in [-0.2, 0) is 11.2 Å². The molecule has 0 aliphatic heterocycles. The monoisotopic (exact) mass is 349 g/mol. The molecule has 3 rings (SSSR count). The molecule has 0 atom stereocenters. The summed E-state index contributed by atoms with van der Waals surface area (Å²) in [6, 6.07) is 19.8. The molecule has 0 saturated heterocycles. The topological polar surface area (TPSA) is 38.8 Å². The molecule has 0 heterocycles. The van der Waals surface area contributed by atoms with E-state index in [-0.39, 0.29) is 5.91 Å². The number of anilines is 1. The molecule has 0 aliphatic rings. The highest BCUT2D eigenvalue weighted by Gasteiger charge is 2.13. The molecule has 0 N–H and O–H groups in total. The van der Waals surface area contributed by atoms with Gasteiger partial charge in [-0.2, -0.15) is 0 Å². The normalized spacial score (nSPS) is 10.6. The molecule has 0 spiro atoms. The van der Waals surface area contributed by atoms with Gasteiger partial charge in [0.05, 0.1) is 14.2 Å². The second-order valence-electron chi connectivity index (χ2n) is 6.16. The van der Waals surface area contributed by atoms with Crippen LogP contribution in [0.5, 0.6) is 11.5 Å². The van der Waals surface area contributed by atoms with Crippen molar-refractivity contribution in [1.29, 1.82) is 0 Å². The minimum absolute atomic E-state index is 0.0603. The fourth-order valence-corrected chi connectivity index (χ4v) is 3.02. The zero-order chi connectivity index (χ0) is 18.5. The van der Waals surface area contributed by atoms with Gasteiger partial charge in [0.25, 0.3) is 0 Å². The lowest BCUT2D eigenvalue weighted by molar-refractivity contribution is -0.118. The number of methoxy groups -OCH3 is 2. The Morgan fingerprint density at radius 3 is 2.42 bits per heavy atom. The van der Waals surface area contributed by atoms with Gasteiger partial charge in [-0.05, 0) is 53.1 Å². The maximum Gasteiger partial charge on any atom is 0.227 e. The minimum Gasteiger partial charge on any atom is -0.497 e. The number of aryl methyl sites for hydroxylation is 1. The van der Waals surface area contributed by atoms with Gasteiger partial charge in [-0.25, -0.2) is 0 Å². The maximum atomic E-state index is 12.7. The molecule has 0 radical (unpaired) electrons. The van der Waals surface area contributed by atoms with E-state index < -0.39 is 0 Å². The quantitative estimate of drug-likeness (QED) is 0.660. The molecule has 1 amide bonds. The molecule has 4 heteroatoms. The van der Waals surface area contributed by atoms with E-state index in [1.54, 1.807) is 19.1 Å². The first kappa shape index (κ1) is 17.8. The Hall–Kier alpha value is -3.01. The van der Waals surface area contributed by atoms with Crippen molar-refractivity contribution in [2.45, 2.75) is 12.8 Å². The number of ether oxygens (including phenoxy) is 2. The molecule has 3 aromatic carbocycles. The van der Waals surface area contributed by atoms with Gasteiger partial charge in [0, 0.05) is 19.2 Å². The highest BCUT2D eigenvalue weighted by atomic mass is 16.5. The first-order valence-corrected chi connectivity index (χ1v) is 8.58. The summed E-state index contributed by atoms with van der Waals surface area (Å²) in [5.74, 6) is 1.59. The van der Waals surface area contributed by atoms with E-state index in [1.165, 1.54) is 5.39 Å². The van der Waals surface area contributed by atoms with Crippen molar-refractivity contribution in [1.82, 2.24) is 0 Å². The van der Waals surface area contributed by atoms with Crippen LogP contribution >= 0.6 is 0 Å². The van der Waals surface area contributed by atoms with Gasteiger partial charge in [-0.3, -0.25) is 4.79 Å². The van der Waals surface area contributed by atoms with Crippen molar-refractivity contribution >= 4 is 22.4 Å². The van der Waals surface area contributed by atoms with Crippen LogP contribution in [0.3, 0.4) is 0 Å². The predicted molar refractivity (Wildman–Crippen MR) is 105 cm³/mol. The number of benzene rings is 3. The number of rotatable bonds is 6. The number of fused-ring (bicyclic) bond motifs is 1. The summed E-state index contributed by atoms with van der Waals surface area (Å²) in [6.45, 7) is 0. The molecule has 0 unspecified atom stereocenters. The fourth-order valence-electron chi connectivity index (χ4n) is 3.02. The van der Waals surface area contributed by atoms with Gasteiger partial charge >= 0.3 is 0 Å². The summed E-state index contributed by atoms with van der Waals surface area (Å²) in [5, 5.41) is 2.29. The van der Waals surface area contributed by atoms with Gasteiger partial charge in [0.15, 0.2) is 0 Å². The van der Waals surface area contributed by atoms with E-state index in [0.29, 0.717) is 12.8 Å². The summed E-state index contributed by atoms with van der Waals surface area (Å²) >= 11 is 0. The summed E-state index contributed by atoms with van der Waals surface area (Å²) in [4.78, 5) is 14.4. The molecular weight excluding hydrogens is 326 g/mol. The van der Waals surface area contributed by atoms with Gasteiger partial charge < -0.3 is 14.4 Å². The van der Waals surface area contributed by atoms with Crippen LogP contribution in [0.4, 0.5) is 5.69 Å². The van der Waals surface area contributed by atoms with E-state index in [9.17, 15) is 4.79 Å². The lowest BCUT2D eigenvalue weighted by Gasteiger charge is -2.18. The maximum absolute atomic E-state index is 12.7. The zero-order valence-corrected chi connectivity index (χ0v) is 15.4. The van der Waals surface area contributed by atoms with Crippen LogP contribution in [0.15, 0.2) is 60.7 Å². The highest BCUT2D eigenvalue weighted by molar-refractivity contribution is 5.96. The molecule has 0 saturated carbocycles. The third-order valence-electron chi connectivity index (χ3n) is 4.59. The average molecular weight is 349 g/mol. The number of carbonyl (C=O) groups excluding carboxylic acids is 1. The van der Waals surface area contributed by atoms with E-state index in [4.69, 9.17) is 9.47 Å². The SMILES string of the molecule is COc1ccc(OC)c(CCC(=O)N(C)c2ccc3ccccc3c2)c1. The Balaban J connectivity index is 1.73. The van der Waals surface area contributed by atoms with Crippen LogP contribution in [0.25, 0.3) is 10.8 Å². The fraction of sp³-hybridized carbons (Fsp3) is 0.227. The number of hydrogen-bond donors (Lipinski definition) is 0. The van der Waals surface area contributed by atoms with E-state index in [0.717, 1.165) is 28.1 Å². The summed E-state index contributed by atoms with van der Waals surface area (Å²) in [5.41, 5.74) is 1.86. The van der Waals surface area contributed by atoms with E-state index in [1.807, 2.05) is 55.6 Å². The zero-order valence-electron chi connectivity index (χ0n) is 15.4. The minimum atomic E-state index is 0.0603. The van der Waals surface area contributed by atoms with Crippen molar-refractivity contribution in [2.75, 3.05) is 26.2 Å². The second-order valence-corrected chi connectivity index (χ2v) is 6.16. The third kappa shape index (κ3) is 3.80. The van der Waals surface area contributed by atoms with Crippen molar-refractivity contribution in [3.05, 3.63) is 66.2 Å². The molecule has 26 heavy (non-hydrogen) atoms. The Bertz CT molecular complexity index is 920. The second kappa shape index (κ2) is 7.91. The first-order chi connectivity index (χ1) is 12.6. The Morgan fingerprint density at radius 1 is 0.923 bits per heavy atom. The smallest absolute Gasteiger partial charge is 0.227 e. The van der Waals surface area contributed by atoms with Crippen molar-refractivity contribution in [3.8, 4) is 11.5 Å². The number of nitrogens with zero attached hydrogens (tertiary/aromatic N) is 1. The van der Waals surface area contributed by atoms with Gasteiger partial charge in [0.2, 0.25) is 5.91 Å². The molecular formula is C22H23NO3. The Kier molecular flexibility index (Phi) is 5.42.